The lowest BCUT2D eigenvalue weighted by atomic mass is 10.2. The molecule has 4 nitrogen and oxygen atoms in total. The molecule has 0 atom stereocenters. The van der Waals surface area contributed by atoms with Crippen molar-refractivity contribution in [2.24, 2.45) is 5.73 Å². The van der Waals surface area contributed by atoms with Crippen LogP contribution in [0.3, 0.4) is 0 Å². The molecule has 11 heavy (non-hydrogen) atoms. The van der Waals surface area contributed by atoms with Crippen molar-refractivity contribution in [1.29, 1.82) is 5.41 Å². The minimum absolute atomic E-state index is 0.248. The van der Waals surface area contributed by atoms with E-state index in [0.717, 1.165) is 19.4 Å². The maximum atomic E-state index is 10.3. The average molecular weight is 157 g/mol. The molecule has 0 radical (unpaired) electrons. The highest BCUT2D eigenvalue weighted by Gasteiger charge is 1.95. The number of hydrogen-bond donors (Lipinski definition) is 2. The first-order valence-electron chi connectivity index (χ1n) is 3.66. The maximum absolute atomic E-state index is 10.3. The van der Waals surface area contributed by atoms with Crippen LogP contribution in [0.2, 0.25) is 0 Å². The van der Waals surface area contributed by atoms with E-state index >= 15 is 0 Å². The van der Waals surface area contributed by atoms with Crippen LogP contribution < -0.4 is 5.73 Å². The lowest BCUT2D eigenvalue weighted by Crippen LogP contribution is -2.17. The Morgan fingerprint density at radius 3 is 2.73 bits per heavy atom. The third kappa shape index (κ3) is 6.83. The lowest BCUT2D eigenvalue weighted by Gasteiger charge is -2.10. The summed E-state index contributed by atoms with van der Waals surface area (Å²) in [6.45, 7) is 0.816. The molecule has 0 unspecified atom stereocenters. The lowest BCUT2D eigenvalue weighted by molar-refractivity contribution is -0.118. The van der Waals surface area contributed by atoms with Crippen molar-refractivity contribution < 1.29 is 4.79 Å². The Hall–Kier alpha value is -1.06. The van der Waals surface area contributed by atoms with Crippen molar-refractivity contribution in [3.05, 3.63) is 0 Å². The summed E-state index contributed by atoms with van der Waals surface area (Å²) in [7, 11) is 1.83. The Morgan fingerprint density at radius 1 is 1.64 bits per heavy atom. The molecule has 0 rings (SSSR count). The summed E-state index contributed by atoms with van der Waals surface area (Å²) in [4.78, 5) is 12.0. The highest BCUT2D eigenvalue weighted by Crippen LogP contribution is 1.94. The van der Waals surface area contributed by atoms with Crippen molar-refractivity contribution in [3.8, 4) is 0 Å². The first kappa shape index (κ1) is 9.94. The predicted octanol–water partition coefficient (Wildman–Crippen LogP) is 0.181. The molecule has 0 saturated carbocycles. The van der Waals surface area contributed by atoms with Crippen LogP contribution in [0.25, 0.3) is 0 Å². The number of carbonyl (C=O) groups excluding carboxylic acids is 1. The van der Waals surface area contributed by atoms with Crippen LogP contribution in [0.4, 0.5) is 0 Å². The van der Waals surface area contributed by atoms with E-state index in [9.17, 15) is 4.79 Å². The number of hydrogen-bond acceptors (Lipinski definition) is 2. The SMILES string of the molecule is CN(C=N)CCCCC(N)=O. The summed E-state index contributed by atoms with van der Waals surface area (Å²) >= 11 is 0. The topological polar surface area (TPSA) is 70.2 Å². The number of nitrogens with one attached hydrogen (secondary N) is 1. The molecule has 0 fully saturated rings. The Kier molecular flexibility index (Phi) is 5.15. The highest BCUT2D eigenvalue weighted by molar-refractivity contribution is 5.73. The molecule has 0 saturated heterocycles. The van der Waals surface area contributed by atoms with Crippen molar-refractivity contribution in [3.63, 3.8) is 0 Å². The normalized spacial score (nSPS) is 9.18. The monoisotopic (exact) mass is 157 g/mol. The molecule has 0 aromatic carbocycles. The summed E-state index contributed by atoms with van der Waals surface area (Å²) < 4.78 is 0. The molecule has 4 heteroatoms. The molecule has 0 aromatic heterocycles. The fourth-order valence-corrected chi connectivity index (χ4v) is 0.725. The van der Waals surface area contributed by atoms with Gasteiger partial charge in [0.15, 0.2) is 0 Å². The molecule has 0 heterocycles. The number of unbranched alkanes of at least 4 members (excludes halogenated alkanes) is 1. The quantitative estimate of drug-likeness (QED) is 0.328. The fourth-order valence-electron chi connectivity index (χ4n) is 0.725. The number of nitrogens with zero attached hydrogens (tertiary/aromatic N) is 1. The standard InChI is InChI=1S/C7H15N3O/c1-10(6-8)5-3-2-4-7(9)11/h6,8H,2-5H2,1H3,(H2,9,11). The zero-order valence-corrected chi connectivity index (χ0v) is 6.84. The van der Waals surface area contributed by atoms with Crippen LogP contribution in [0.5, 0.6) is 0 Å². The number of carbonyl (C=O) groups is 1. The Balaban J connectivity index is 3.14. The zero-order valence-electron chi connectivity index (χ0n) is 6.84. The van der Waals surface area contributed by atoms with Crippen molar-refractivity contribution in [1.82, 2.24) is 4.90 Å². The van der Waals surface area contributed by atoms with E-state index in [1.165, 1.54) is 6.34 Å². The zero-order chi connectivity index (χ0) is 8.69. The van der Waals surface area contributed by atoms with Crippen LogP contribution in [0.15, 0.2) is 0 Å². The molecule has 0 aliphatic heterocycles. The largest absolute Gasteiger partial charge is 0.370 e. The van der Waals surface area contributed by atoms with Gasteiger partial charge < -0.3 is 10.6 Å². The van der Waals surface area contributed by atoms with E-state index in [1.807, 2.05) is 7.05 Å². The molecule has 3 N–H and O–H groups in total. The van der Waals surface area contributed by atoms with Gasteiger partial charge in [0.1, 0.15) is 0 Å². The van der Waals surface area contributed by atoms with Crippen molar-refractivity contribution in [2.75, 3.05) is 13.6 Å². The van der Waals surface area contributed by atoms with E-state index in [-0.39, 0.29) is 5.91 Å². The van der Waals surface area contributed by atoms with Gasteiger partial charge in [0.25, 0.3) is 0 Å². The third-order valence-corrected chi connectivity index (χ3v) is 1.40. The van der Waals surface area contributed by atoms with Gasteiger partial charge in [-0.3, -0.25) is 10.2 Å². The number of primary amides is 1. The van der Waals surface area contributed by atoms with E-state index in [2.05, 4.69) is 0 Å². The molecule has 0 bridgehead atoms. The molecular formula is C7H15N3O. The highest BCUT2D eigenvalue weighted by atomic mass is 16.1. The number of rotatable bonds is 6. The van der Waals surface area contributed by atoms with Gasteiger partial charge >= 0.3 is 0 Å². The molecule has 1 amide bonds. The first-order valence-corrected chi connectivity index (χ1v) is 3.66. The maximum Gasteiger partial charge on any atom is 0.217 e. The van der Waals surface area contributed by atoms with Crippen LogP contribution in [-0.2, 0) is 4.79 Å². The minimum atomic E-state index is -0.248. The Labute approximate surface area is 66.9 Å². The van der Waals surface area contributed by atoms with Gasteiger partial charge in [-0.1, -0.05) is 0 Å². The van der Waals surface area contributed by atoms with Gasteiger partial charge in [0.05, 0.1) is 6.34 Å². The Bertz CT molecular complexity index is 136. The van der Waals surface area contributed by atoms with Gasteiger partial charge in [-0.2, -0.15) is 0 Å². The number of amides is 1. The third-order valence-electron chi connectivity index (χ3n) is 1.40. The van der Waals surface area contributed by atoms with E-state index < -0.39 is 0 Å². The summed E-state index contributed by atoms with van der Waals surface area (Å²) in [6.07, 6.45) is 3.44. The van der Waals surface area contributed by atoms with Crippen LogP contribution >= 0.6 is 0 Å². The average Bonchev–Trinajstić information content (AvgIpc) is 1.97. The summed E-state index contributed by atoms with van der Waals surface area (Å²) in [5.41, 5.74) is 4.94. The smallest absolute Gasteiger partial charge is 0.217 e. The minimum Gasteiger partial charge on any atom is -0.370 e. The van der Waals surface area contributed by atoms with Crippen LogP contribution in [0.1, 0.15) is 19.3 Å². The molecular weight excluding hydrogens is 142 g/mol. The van der Waals surface area contributed by atoms with Crippen molar-refractivity contribution >= 4 is 12.2 Å². The second kappa shape index (κ2) is 5.70. The van der Waals surface area contributed by atoms with Crippen molar-refractivity contribution in [2.45, 2.75) is 19.3 Å². The summed E-state index contributed by atoms with van der Waals surface area (Å²) in [5.74, 6) is -0.248. The summed E-state index contributed by atoms with van der Waals surface area (Å²) in [5, 5.41) is 6.84. The van der Waals surface area contributed by atoms with Gasteiger partial charge in [0.2, 0.25) is 5.91 Å². The van der Waals surface area contributed by atoms with Gasteiger partial charge in [-0.05, 0) is 12.8 Å². The van der Waals surface area contributed by atoms with Crippen LogP contribution in [0, 0.1) is 5.41 Å². The molecule has 0 spiro atoms. The number of nitrogens with two attached hydrogens (primary N) is 1. The fraction of sp³-hybridized carbons (Fsp3) is 0.714. The molecule has 64 valence electrons. The second-order valence-corrected chi connectivity index (χ2v) is 2.53. The molecule has 0 aromatic rings. The Morgan fingerprint density at radius 2 is 2.27 bits per heavy atom. The predicted molar refractivity (Wildman–Crippen MR) is 44.5 cm³/mol. The second-order valence-electron chi connectivity index (χ2n) is 2.53. The van der Waals surface area contributed by atoms with E-state index in [0.29, 0.717) is 6.42 Å². The molecule has 0 aliphatic carbocycles. The van der Waals surface area contributed by atoms with E-state index in [4.69, 9.17) is 11.1 Å². The van der Waals surface area contributed by atoms with Gasteiger partial charge in [-0.25, -0.2) is 0 Å². The first-order chi connectivity index (χ1) is 5.16. The van der Waals surface area contributed by atoms with Crippen LogP contribution in [-0.4, -0.2) is 30.7 Å². The summed E-state index contributed by atoms with van der Waals surface area (Å²) in [6, 6.07) is 0. The van der Waals surface area contributed by atoms with Gasteiger partial charge in [-0.15, -0.1) is 0 Å². The molecule has 0 aliphatic rings. The van der Waals surface area contributed by atoms with Gasteiger partial charge in [0, 0.05) is 20.0 Å². The van der Waals surface area contributed by atoms with E-state index in [1.54, 1.807) is 4.90 Å².